The van der Waals surface area contributed by atoms with Crippen molar-refractivity contribution >= 4 is 68.2 Å². The lowest BCUT2D eigenvalue weighted by molar-refractivity contribution is 0.0958. The molecule has 0 saturated heterocycles. The second-order valence-electron chi connectivity index (χ2n) is 9.79. The Labute approximate surface area is 257 Å². The van der Waals surface area contributed by atoms with E-state index in [9.17, 15) is 14.4 Å². The van der Waals surface area contributed by atoms with Crippen LogP contribution in [0, 0.1) is 0 Å². The van der Waals surface area contributed by atoms with Crippen LogP contribution in [0.1, 0.15) is 54.4 Å². The van der Waals surface area contributed by atoms with Gasteiger partial charge in [-0.1, -0.05) is 24.3 Å². The Kier molecular flexibility index (Phi) is 10.2. The summed E-state index contributed by atoms with van der Waals surface area (Å²) < 4.78 is 0.632. The first-order chi connectivity index (χ1) is 21.1. The zero-order chi connectivity index (χ0) is 31.8. The Morgan fingerprint density at radius 2 is 1.20 bits per heavy atom. The molecule has 16 heteroatoms. The maximum Gasteiger partial charge on any atom is 0.261 e. The molecule has 44 heavy (non-hydrogen) atoms. The predicted octanol–water partition coefficient (Wildman–Crippen LogP) is -0.169. The monoisotopic (exact) mass is 620 g/mol. The molecule has 0 bridgehead atoms. The summed E-state index contributed by atoms with van der Waals surface area (Å²) in [6, 6.07) is 8.41. The van der Waals surface area contributed by atoms with Crippen molar-refractivity contribution in [2.75, 3.05) is 49.9 Å². The van der Waals surface area contributed by atoms with Gasteiger partial charge in [0.15, 0.2) is 29.4 Å². The Morgan fingerprint density at radius 1 is 0.705 bits per heavy atom. The fraction of sp³-hybridized carbons (Fsp3) is 0.286. The summed E-state index contributed by atoms with van der Waals surface area (Å²) in [7, 11) is 0. The van der Waals surface area contributed by atoms with E-state index in [1.54, 1.807) is 30.3 Å². The van der Waals surface area contributed by atoms with Crippen LogP contribution in [0.15, 0.2) is 45.3 Å². The fourth-order valence-corrected chi connectivity index (χ4v) is 5.88. The van der Waals surface area contributed by atoms with Crippen molar-refractivity contribution in [2.45, 2.75) is 12.8 Å². The van der Waals surface area contributed by atoms with Crippen LogP contribution < -0.4 is 50.4 Å². The normalized spacial score (nSPS) is 11.7. The van der Waals surface area contributed by atoms with Crippen molar-refractivity contribution in [3.8, 4) is 0 Å². The van der Waals surface area contributed by atoms with Crippen LogP contribution in [0.25, 0.3) is 10.1 Å². The van der Waals surface area contributed by atoms with E-state index < -0.39 is 0 Å². The third-order valence-electron chi connectivity index (χ3n) is 6.63. The molecule has 0 radical (unpaired) electrons. The summed E-state index contributed by atoms with van der Waals surface area (Å²) in [5.41, 5.74) is 34.5. The van der Waals surface area contributed by atoms with E-state index in [2.05, 4.69) is 30.9 Å². The molecule has 0 unspecified atom stereocenters. The zero-order valence-electron chi connectivity index (χ0n) is 24.0. The third kappa shape index (κ3) is 7.15. The molecular formula is C28H36N12O3S. The topological polar surface area (TPSA) is 280 Å². The van der Waals surface area contributed by atoms with Gasteiger partial charge in [-0.25, -0.2) is 0 Å². The highest BCUT2D eigenvalue weighted by Gasteiger charge is 2.36. The van der Waals surface area contributed by atoms with Gasteiger partial charge in [0.25, 0.3) is 5.91 Å². The van der Waals surface area contributed by atoms with E-state index in [0.29, 0.717) is 76.5 Å². The molecule has 1 heterocycles. The van der Waals surface area contributed by atoms with Gasteiger partial charge in [0, 0.05) is 49.2 Å². The standard InChI is InChI=1S/C28H36N12O3S/c29-26(30)38-9-3-7-35-20-16-13-17(25(43)37-11-12-40-28(33)34)44-24(16)21(36-8-4-10-39-27(31)32)19-18(20)22(41)14-5-1-2-6-15(14)23(19)42/h1-2,5-6,13,35-36H,3-4,7-12H2,(H,37,43)(H4,29,30,38)(H4,31,32,39)(H4,33,34,40). The lowest BCUT2D eigenvalue weighted by Gasteiger charge is -2.25. The number of thiophene rings is 1. The molecule has 0 atom stereocenters. The zero-order valence-corrected chi connectivity index (χ0v) is 24.8. The summed E-state index contributed by atoms with van der Waals surface area (Å²) in [5.74, 6) is -1.08. The summed E-state index contributed by atoms with van der Waals surface area (Å²) in [5, 5.41) is 10.1. The van der Waals surface area contributed by atoms with Crippen LogP contribution in [-0.2, 0) is 0 Å². The summed E-state index contributed by atoms with van der Waals surface area (Å²) in [6.07, 6.45) is 1.08. The lowest BCUT2D eigenvalue weighted by Crippen LogP contribution is -2.28. The van der Waals surface area contributed by atoms with Gasteiger partial charge in [-0.2, -0.15) is 0 Å². The van der Waals surface area contributed by atoms with Crippen LogP contribution in [0.3, 0.4) is 0 Å². The minimum Gasteiger partial charge on any atom is -0.384 e. The van der Waals surface area contributed by atoms with E-state index in [1.807, 2.05) is 0 Å². The van der Waals surface area contributed by atoms with Crippen molar-refractivity contribution in [2.24, 2.45) is 49.4 Å². The minimum atomic E-state index is -0.353. The Bertz CT molecular complexity index is 1560. The van der Waals surface area contributed by atoms with Crippen molar-refractivity contribution in [1.29, 1.82) is 0 Å². The number of hydrogen-bond acceptors (Lipinski definition) is 9. The molecule has 232 valence electrons. The third-order valence-corrected chi connectivity index (χ3v) is 7.78. The van der Waals surface area contributed by atoms with Crippen LogP contribution in [0.5, 0.6) is 0 Å². The van der Waals surface area contributed by atoms with Crippen LogP contribution in [-0.4, -0.2) is 74.6 Å². The number of aliphatic imine (C=N–C) groups is 3. The van der Waals surface area contributed by atoms with Crippen molar-refractivity contribution < 1.29 is 14.4 Å². The molecule has 15 N–H and O–H groups in total. The number of ketones is 2. The number of guanidine groups is 3. The highest BCUT2D eigenvalue weighted by Crippen LogP contribution is 2.46. The van der Waals surface area contributed by atoms with Gasteiger partial charge < -0.3 is 50.4 Å². The summed E-state index contributed by atoms with van der Waals surface area (Å²) >= 11 is 1.20. The first-order valence-corrected chi connectivity index (χ1v) is 14.7. The van der Waals surface area contributed by atoms with Crippen molar-refractivity contribution in [3.63, 3.8) is 0 Å². The summed E-state index contributed by atoms with van der Waals surface area (Å²) in [4.78, 5) is 53.5. The van der Waals surface area contributed by atoms with Crippen molar-refractivity contribution in [3.05, 3.63) is 57.5 Å². The molecular weight excluding hydrogens is 584 g/mol. The molecule has 0 spiro atoms. The maximum absolute atomic E-state index is 14.0. The number of hydrogen-bond donors (Lipinski definition) is 9. The molecule has 15 nitrogen and oxygen atoms in total. The number of nitrogens with two attached hydrogens (primary N) is 6. The summed E-state index contributed by atoms with van der Waals surface area (Å²) in [6.45, 7) is 1.92. The number of nitrogens with zero attached hydrogens (tertiary/aromatic N) is 3. The van der Waals surface area contributed by atoms with Gasteiger partial charge in [-0.3, -0.25) is 29.4 Å². The quantitative estimate of drug-likeness (QED) is 0.0386. The number of benzene rings is 2. The number of anilines is 2. The van der Waals surface area contributed by atoms with Crippen LogP contribution >= 0.6 is 11.3 Å². The first kappa shape index (κ1) is 31.6. The molecule has 2 aromatic carbocycles. The molecule has 0 fully saturated rings. The Hall–Kier alpha value is -5.38. The van der Waals surface area contributed by atoms with Crippen LogP contribution in [0.2, 0.25) is 0 Å². The lowest BCUT2D eigenvalue weighted by atomic mass is 9.81. The Balaban J connectivity index is 1.83. The molecule has 0 saturated carbocycles. The molecule has 1 amide bonds. The second-order valence-corrected chi connectivity index (χ2v) is 10.8. The molecule has 4 rings (SSSR count). The second kappa shape index (κ2) is 14.2. The Morgan fingerprint density at radius 3 is 1.75 bits per heavy atom. The number of carbonyl (C=O) groups excluding carboxylic acids is 3. The molecule has 3 aromatic rings. The number of amides is 1. The number of nitrogens with one attached hydrogen (secondary N) is 3. The van der Waals surface area contributed by atoms with Crippen molar-refractivity contribution in [1.82, 2.24) is 5.32 Å². The highest BCUT2D eigenvalue weighted by atomic mass is 32.1. The van der Waals surface area contributed by atoms with Crippen LogP contribution in [0.4, 0.5) is 11.4 Å². The van der Waals surface area contributed by atoms with E-state index in [1.165, 1.54) is 11.3 Å². The maximum atomic E-state index is 14.0. The number of fused-ring (bicyclic) bond motifs is 3. The average molecular weight is 621 g/mol. The molecule has 1 aliphatic carbocycles. The molecule has 0 aliphatic heterocycles. The minimum absolute atomic E-state index is 0.0221. The average Bonchev–Trinajstić information content (AvgIpc) is 3.43. The van der Waals surface area contributed by atoms with Gasteiger partial charge in [0.1, 0.15) is 0 Å². The first-order valence-electron chi connectivity index (χ1n) is 13.8. The highest BCUT2D eigenvalue weighted by molar-refractivity contribution is 7.21. The van der Waals surface area contributed by atoms with E-state index in [4.69, 9.17) is 34.4 Å². The number of carbonyl (C=O) groups is 3. The van der Waals surface area contributed by atoms with Gasteiger partial charge in [0.05, 0.1) is 38.6 Å². The molecule has 1 aromatic heterocycles. The van der Waals surface area contributed by atoms with Gasteiger partial charge in [0.2, 0.25) is 0 Å². The van der Waals surface area contributed by atoms with Gasteiger partial charge in [-0.05, 0) is 18.9 Å². The van der Waals surface area contributed by atoms with E-state index in [0.717, 1.165) is 0 Å². The smallest absolute Gasteiger partial charge is 0.261 e. The van der Waals surface area contributed by atoms with E-state index >= 15 is 0 Å². The van der Waals surface area contributed by atoms with Gasteiger partial charge >= 0.3 is 0 Å². The SMILES string of the molecule is NC(N)=NCCCNc1c2c(c(NCCCN=C(N)N)c3sc(C(=O)NCCN=C(N)N)cc13)C(=O)c1ccccc1C2=O. The molecule has 1 aliphatic rings. The fourth-order valence-electron chi connectivity index (χ4n) is 4.77. The number of rotatable bonds is 14. The largest absolute Gasteiger partial charge is 0.384 e. The van der Waals surface area contributed by atoms with Gasteiger partial charge in [-0.15, -0.1) is 11.3 Å². The predicted molar refractivity (Wildman–Crippen MR) is 176 cm³/mol. The van der Waals surface area contributed by atoms with E-state index in [-0.39, 0.29) is 59.6 Å².